The van der Waals surface area contributed by atoms with Gasteiger partial charge in [0.05, 0.1) is 11.6 Å². The van der Waals surface area contributed by atoms with Crippen LogP contribution < -0.4 is 4.74 Å². The number of alkyl halides is 1. The molecule has 2 N–H and O–H groups in total. The maximum Gasteiger partial charge on any atom is 0.161 e. The minimum atomic E-state index is -0.795. The molecule has 0 fully saturated rings. The molecule has 0 aromatic heterocycles. The van der Waals surface area contributed by atoms with Crippen molar-refractivity contribution in [2.75, 3.05) is 19.5 Å². The zero-order valence-corrected chi connectivity index (χ0v) is 17.5. The second-order valence-electron chi connectivity index (χ2n) is 4.94. The molecule has 1 aliphatic heterocycles. The van der Waals surface area contributed by atoms with Crippen molar-refractivity contribution < 1.29 is 19.3 Å². The zero-order valence-electron chi connectivity index (χ0n) is 15.2. The molecular formula is C19H27BrClFO3. The predicted octanol–water partition coefficient (Wildman–Crippen LogP) is 5.07. The average molecular weight is 438 g/mol. The second-order valence-corrected chi connectivity index (χ2v) is 5.35. The van der Waals surface area contributed by atoms with Crippen molar-refractivity contribution in [1.82, 2.24) is 0 Å². The fourth-order valence-corrected chi connectivity index (χ4v) is 2.84. The lowest BCUT2D eigenvalue weighted by Gasteiger charge is -2.29. The third-order valence-electron chi connectivity index (χ3n) is 3.66. The highest BCUT2D eigenvalue weighted by molar-refractivity contribution is 9.08. The number of aliphatic hydroxyl groups is 2. The Bertz CT molecular complexity index is 557. The van der Waals surface area contributed by atoms with Gasteiger partial charge in [-0.3, -0.25) is 0 Å². The molecule has 0 radical (unpaired) electrons. The highest BCUT2D eigenvalue weighted by Gasteiger charge is 2.42. The molecule has 2 aliphatic rings. The smallest absolute Gasteiger partial charge is 0.161 e. The van der Waals surface area contributed by atoms with Gasteiger partial charge >= 0.3 is 0 Å². The SMILES string of the molecule is CBr.CC.CO.OCC1(C2=CCCC=C2)Cc2cc(Cl)c(F)cc2O1. The molecule has 0 saturated heterocycles. The van der Waals surface area contributed by atoms with E-state index in [-0.39, 0.29) is 11.6 Å². The maximum atomic E-state index is 13.5. The number of aliphatic hydroxyl groups excluding tert-OH is 2. The van der Waals surface area contributed by atoms with Crippen molar-refractivity contribution in [3.63, 3.8) is 0 Å². The van der Waals surface area contributed by atoms with E-state index in [0.717, 1.165) is 31.1 Å². The molecule has 6 heteroatoms. The summed E-state index contributed by atoms with van der Waals surface area (Å²) in [4.78, 5) is 0. The summed E-state index contributed by atoms with van der Waals surface area (Å²) in [6, 6.07) is 2.87. The Morgan fingerprint density at radius 1 is 1.24 bits per heavy atom. The molecule has 1 aliphatic carbocycles. The summed E-state index contributed by atoms with van der Waals surface area (Å²) in [5.41, 5.74) is 0.991. The summed E-state index contributed by atoms with van der Waals surface area (Å²) in [6.45, 7) is 3.86. The topological polar surface area (TPSA) is 49.7 Å². The van der Waals surface area contributed by atoms with E-state index in [4.69, 9.17) is 21.4 Å². The predicted molar refractivity (Wildman–Crippen MR) is 106 cm³/mol. The van der Waals surface area contributed by atoms with Crippen LogP contribution in [0.25, 0.3) is 0 Å². The van der Waals surface area contributed by atoms with E-state index >= 15 is 0 Å². The summed E-state index contributed by atoms with van der Waals surface area (Å²) in [5.74, 6) is 1.78. The highest BCUT2D eigenvalue weighted by atomic mass is 79.9. The van der Waals surface area contributed by atoms with Gasteiger partial charge in [0, 0.05) is 25.2 Å². The standard InChI is InChI=1S/C15H14ClFO2.C2H6.CH3Br.CH4O/c16-12-6-10-8-15(9-18,11-4-2-1-3-5-11)19-14(10)7-13(12)17;3*1-2/h2,4-7,18H,1,3,8-9H2;1-2H3;1H3;2H,1H3. The van der Waals surface area contributed by atoms with E-state index in [9.17, 15) is 9.50 Å². The summed E-state index contributed by atoms with van der Waals surface area (Å²) in [6.07, 6.45) is 8.55. The van der Waals surface area contributed by atoms with E-state index in [1.807, 2.05) is 25.8 Å². The van der Waals surface area contributed by atoms with Crippen LogP contribution in [0.15, 0.2) is 35.9 Å². The van der Waals surface area contributed by atoms with Crippen molar-refractivity contribution >= 4 is 27.5 Å². The Balaban J connectivity index is 0.000000871. The fraction of sp³-hybridized carbons (Fsp3) is 0.474. The molecule has 0 amide bonds. The molecule has 0 saturated carbocycles. The van der Waals surface area contributed by atoms with Crippen LogP contribution in [-0.2, 0) is 6.42 Å². The highest BCUT2D eigenvalue weighted by Crippen LogP contribution is 2.42. The van der Waals surface area contributed by atoms with E-state index in [1.54, 1.807) is 6.07 Å². The molecular weight excluding hydrogens is 411 g/mol. The molecule has 25 heavy (non-hydrogen) atoms. The molecule has 1 atom stereocenters. The van der Waals surface area contributed by atoms with Gasteiger partial charge in [0.2, 0.25) is 0 Å². The Morgan fingerprint density at radius 2 is 1.88 bits per heavy atom. The van der Waals surface area contributed by atoms with Crippen LogP contribution in [0, 0.1) is 5.82 Å². The van der Waals surface area contributed by atoms with Gasteiger partial charge in [0.15, 0.2) is 5.60 Å². The minimum absolute atomic E-state index is 0.0873. The molecule has 0 spiro atoms. The van der Waals surface area contributed by atoms with Gasteiger partial charge in [-0.25, -0.2) is 4.39 Å². The molecule has 3 nitrogen and oxygen atoms in total. The Kier molecular flexibility index (Phi) is 12.0. The molecule has 1 unspecified atom stereocenters. The van der Waals surface area contributed by atoms with Crippen LogP contribution in [0.3, 0.4) is 0 Å². The van der Waals surface area contributed by atoms with Crippen molar-refractivity contribution in [2.45, 2.75) is 38.7 Å². The zero-order chi connectivity index (χ0) is 19.5. The van der Waals surface area contributed by atoms with Crippen LogP contribution in [-0.4, -0.2) is 35.4 Å². The summed E-state index contributed by atoms with van der Waals surface area (Å²) >= 11 is 8.73. The average Bonchev–Trinajstić information content (AvgIpc) is 3.06. The first-order valence-corrected chi connectivity index (χ1v) is 10.1. The summed E-state index contributed by atoms with van der Waals surface area (Å²) in [5, 5.41) is 16.8. The van der Waals surface area contributed by atoms with E-state index in [2.05, 4.69) is 28.1 Å². The largest absolute Gasteiger partial charge is 0.479 e. The summed E-state index contributed by atoms with van der Waals surface area (Å²) in [7, 11) is 1.00. The van der Waals surface area contributed by atoms with E-state index in [1.165, 1.54) is 6.07 Å². The van der Waals surface area contributed by atoms with Crippen LogP contribution >= 0.6 is 27.5 Å². The van der Waals surface area contributed by atoms with Gasteiger partial charge in [-0.2, -0.15) is 0 Å². The number of hydrogen-bond acceptors (Lipinski definition) is 3. The number of ether oxygens (including phenoxy) is 1. The van der Waals surface area contributed by atoms with Crippen LogP contribution in [0.4, 0.5) is 4.39 Å². The first kappa shape index (κ1) is 24.1. The monoisotopic (exact) mass is 436 g/mol. The number of halogens is 3. The van der Waals surface area contributed by atoms with Crippen molar-refractivity contribution in [1.29, 1.82) is 0 Å². The van der Waals surface area contributed by atoms with Gasteiger partial charge in [-0.15, -0.1) is 0 Å². The maximum absolute atomic E-state index is 13.5. The van der Waals surface area contributed by atoms with Crippen molar-refractivity contribution in [3.05, 3.63) is 52.3 Å². The Morgan fingerprint density at radius 3 is 2.40 bits per heavy atom. The lowest BCUT2D eigenvalue weighted by Crippen LogP contribution is -2.40. The molecule has 142 valence electrons. The molecule has 0 bridgehead atoms. The molecule has 1 aromatic carbocycles. The number of fused-ring (bicyclic) bond motifs is 1. The normalized spacial score (nSPS) is 19.6. The molecule has 1 aromatic rings. The first-order chi connectivity index (χ1) is 12.1. The van der Waals surface area contributed by atoms with Gasteiger partial charge < -0.3 is 14.9 Å². The van der Waals surface area contributed by atoms with E-state index in [0.29, 0.717) is 12.2 Å². The molecule has 3 rings (SSSR count). The lowest BCUT2D eigenvalue weighted by atomic mass is 9.86. The third-order valence-corrected chi connectivity index (χ3v) is 3.95. The Labute approximate surface area is 163 Å². The lowest BCUT2D eigenvalue weighted by molar-refractivity contribution is 0.0619. The number of hydrogen-bond donors (Lipinski definition) is 2. The number of benzene rings is 1. The van der Waals surface area contributed by atoms with Gasteiger partial charge in [-0.05, 0) is 30.3 Å². The van der Waals surface area contributed by atoms with Crippen LogP contribution in [0.2, 0.25) is 5.02 Å². The van der Waals surface area contributed by atoms with Gasteiger partial charge in [0.1, 0.15) is 11.6 Å². The minimum Gasteiger partial charge on any atom is -0.479 e. The fourth-order valence-electron chi connectivity index (χ4n) is 2.65. The second kappa shape index (κ2) is 12.5. The van der Waals surface area contributed by atoms with Crippen molar-refractivity contribution in [3.8, 4) is 5.75 Å². The van der Waals surface area contributed by atoms with Gasteiger partial charge in [-0.1, -0.05) is 59.6 Å². The van der Waals surface area contributed by atoms with Gasteiger partial charge in [0.25, 0.3) is 0 Å². The van der Waals surface area contributed by atoms with Crippen LogP contribution in [0.5, 0.6) is 5.75 Å². The Hall–Kier alpha value is -0.880. The molecule has 1 heterocycles. The number of allylic oxidation sites excluding steroid dienone is 2. The van der Waals surface area contributed by atoms with Crippen LogP contribution in [0.1, 0.15) is 32.3 Å². The van der Waals surface area contributed by atoms with Crippen molar-refractivity contribution in [2.24, 2.45) is 0 Å². The summed E-state index contributed by atoms with van der Waals surface area (Å²) < 4.78 is 19.3. The first-order valence-electron chi connectivity index (χ1n) is 8.12. The quantitative estimate of drug-likeness (QED) is 0.635. The number of rotatable bonds is 2. The van der Waals surface area contributed by atoms with E-state index < -0.39 is 11.4 Å². The third kappa shape index (κ3) is 5.81.